The Bertz CT molecular complexity index is 1010. The van der Waals surface area contributed by atoms with Crippen molar-refractivity contribution in [3.05, 3.63) is 89.0 Å². The number of methoxy groups -OCH3 is 2. The summed E-state index contributed by atoms with van der Waals surface area (Å²) in [4.78, 5) is 11.6. The summed E-state index contributed by atoms with van der Waals surface area (Å²) in [6.07, 6.45) is 3.69. The second-order valence-electron chi connectivity index (χ2n) is 6.28. The number of benzene rings is 3. The summed E-state index contributed by atoms with van der Waals surface area (Å²) in [5, 5.41) is 10.1. The number of hydrogen-bond donors (Lipinski definition) is 1. The molecule has 0 aliphatic heterocycles. The van der Waals surface area contributed by atoms with E-state index >= 15 is 0 Å². The van der Waals surface area contributed by atoms with Crippen LogP contribution < -0.4 is 9.47 Å². The molecule has 0 spiro atoms. The highest BCUT2D eigenvalue weighted by molar-refractivity contribution is 5.92. The highest BCUT2D eigenvalue weighted by atomic mass is 16.5. The van der Waals surface area contributed by atoms with Gasteiger partial charge in [-0.15, -0.1) is 0 Å². The maximum absolute atomic E-state index is 11.6. The zero-order chi connectivity index (χ0) is 20.6. The van der Waals surface area contributed by atoms with E-state index in [0.29, 0.717) is 18.1 Å². The molecule has 0 heterocycles. The fourth-order valence-electron chi connectivity index (χ4n) is 2.77. The molecule has 0 atom stereocenters. The molecule has 0 unspecified atom stereocenters. The van der Waals surface area contributed by atoms with Crippen molar-refractivity contribution in [1.29, 1.82) is 0 Å². The molecule has 0 bridgehead atoms. The predicted octanol–water partition coefficient (Wildman–Crippen LogP) is 4.94. The van der Waals surface area contributed by atoms with Gasteiger partial charge in [0, 0.05) is 5.56 Å². The summed E-state index contributed by atoms with van der Waals surface area (Å²) in [6.45, 7) is 0.447. The number of ether oxygens (including phenoxy) is 3. The lowest BCUT2D eigenvalue weighted by molar-refractivity contribution is 0.0597. The minimum Gasteiger partial charge on any atom is -0.507 e. The van der Waals surface area contributed by atoms with Gasteiger partial charge in [-0.25, -0.2) is 4.79 Å². The molecule has 0 aromatic heterocycles. The minimum absolute atomic E-state index is 0.123. The number of rotatable bonds is 7. The van der Waals surface area contributed by atoms with Crippen molar-refractivity contribution in [2.24, 2.45) is 0 Å². The average molecular weight is 390 g/mol. The summed E-state index contributed by atoms with van der Waals surface area (Å²) in [6, 6.07) is 20.3. The molecule has 0 saturated heterocycles. The lowest BCUT2D eigenvalue weighted by Gasteiger charge is -2.11. The molecule has 0 saturated carbocycles. The van der Waals surface area contributed by atoms with Crippen LogP contribution >= 0.6 is 0 Å². The monoisotopic (exact) mass is 390 g/mol. The van der Waals surface area contributed by atoms with Gasteiger partial charge < -0.3 is 19.3 Å². The largest absolute Gasteiger partial charge is 0.507 e. The zero-order valence-electron chi connectivity index (χ0n) is 16.3. The summed E-state index contributed by atoms with van der Waals surface area (Å²) in [5.41, 5.74) is 2.75. The SMILES string of the molecule is COC(=O)c1ccc(C=Cc2cc(OC)ccc2OCc2ccccc2)cc1O. The normalized spacial score (nSPS) is 10.7. The molecule has 0 radical (unpaired) electrons. The topological polar surface area (TPSA) is 65.0 Å². The van der Waals surface area contributed by atoms with Crippen LogP contribution in [-0.2, 0) is 11.3 Å². The number of esters is 1. The van der Waals surface area contributed by atoms with Gasteiger partial charge in [0.1, 0.15) is 29.4 Å². The Hall–Kier alpha value is -3.73. The first-order valence-corrected chi connectivity index (χ1v) is 9.05. The van der Waals surface area contributed by atoms with Gasteiger partial charge in [-0.2, -0.15) is 0 Å². The predicted molar refractivity (Wildman–Crippen MR) is 112 cm³/mol. The third kappa shape index (κ3) is 5.17. The molecule has 5 heteroatoms. The first-order valence-electron chi connectivity index (χ1n) is 9.05. The standard InChI is InChI=1S/C24H22O5/c1-27-20-11-13-23(29-16-18-6-4-3-5-7-18)19(15-20)10-8-17-9-12-21(22(25)14-17)24(26)28-2/h3-15,25H,16H2,1-2H3. The van der Waals surface area contributed by atoms with Gasteiger partial charge in [0.25, 0.3) is 0 Å². The Kier molecular flexibility index (Phi) is 6.53. The van der Waals surface area contributed by atoms with Gasteiger partial charge >= 0.3 is 5.97 Å². The number of hydrogen-bond acceptors (Lipinski definition) is 5. The second-order valence-corrected chi connectivity index (χ2v) is 6.28. The van der Waals surface area contributed by atoms with Crippen LogP contribution in [0.25, 0.3) is 12.2 Å². The number of carbonyl (C=O) groups excluding carboxylic acids is 1. The summed E-state index contributed by atoms with van der Waals surface area (Å²) in [5.74, 6) is 0.703. The van der Waals surface area contributed by atoms with Gasteiger partial charge in [-0.3, -0.25) is 0 Å². The Balaban J connectivity index is 1.83. The lowest BCUT2D eigenvalue weighted by Crippen LogP contribution is -2.01. The number of phenols is 1. The van der Waals surface area contributed by atoms with Crippen molar-refractivity contribution in [2.75, 3.05) is 14.2 Å². The van der Waals surface area contributed by atoms with E-state index in [1.54, 1.807) is 13.2 Å². The molecule has 29 heavy (non-hydrogen) atoms. The van der Waals surface area contributed by atoms with E-state index in [-0.39, 0.29) is 11.3 Å². The van der Waals surface area contributed by atoms with Crippen molar-refractivity contribution < 1.29 is 24.1 Å². The van der Waals surface area contributed by atoms with Crippen molar-refractivity contribution in [3.63, 3.8) is 0 Å². The Morgan fingerprint density at radius 1 is 0.966 bits per heavy atom. The van der Waals surface area contributed by atoms with Crippen molar-refractivity contribution >= 4 is 18.1 Å². The third-order valence-corrected chi connectivity index (χ3v) is 4.34. The quantitative estimate of drug-likeness (QED) is 0.457. The van der Waals surface area contributed by atoms with Crippen LogP contribution in [0.5, 0.6) is 17.2 Å². The molecule has 3 aromatic carbocycles. The highest BCUT2D eigenvalue weighted by Crippen LogP contribution is 2.28. The lowest BCUT2D eigenvalue weighted by atomic mass is 10.1. The minimum atomic E-state index is -0.581. The molecule has 0 amide bonds. The second kappa shape index (κ2) is 9.46. The van der Waals surface area contributed by atoms with E-state index in [0.717, 1.165) is 16.7 Å². The van der Waals surface area contributed by atoms with E-state index in [2.05, 4.69) is 4.74 Å². The highest BCUT2D eigenvalue weighted by Gasteiger charge is 2.11. The third-order valence-electron chi connectivity index (χ3n) is 4.34. The van der Waals surface area contributed by atoms with Crippen LogP contribution in [0.1, 0.15) is 27.0 Å². The molecule has 1 N–H and O–H groups in total. The van der Waals surface area contributed by atoms with Crippen LogP contribution in [0.4, 0.5) is 0 Å². The number of carbonyl (C=O) groups is 1. The molecule has 3 rings (SSSR count). The van der Waals surface area contributed by atoms with E-state index in [1.807, 2.05) is 60.7 Å². The van der Waals surface area contributed by atoms with Crippen LogP contribution in [0.2, 0.25) is 0 Å². The molecular weight excluding hydrogens is 368 g/mol. The maximum Gasteiger partial charge on any atom is 0.341 e. The number of phenolic OH excluding ortho intramolecular Hbond substituents is 1. The van der Waals surface area contributed by atoms with Crippen molar-refractivity contribution in [3.8, 4) is 17.2 Å². The maximum atomic E-state index is 11.6. The molecule has 5 nitrogen and oxygen atoms in total. The summed E-state index contributed by atoms with van der Waals surface area (Å²) < 4.78 is 15.9. The van der Waals surface area contributed by atoms with E-state index in [9.17, 15) is 9.90 Å². The van der Waals surface area contributed by atoms with Gasteiger partial charge in [-0.05, 0) is 41.5 Å². The molecule has 0 fully saturated rings. The van der Waals surface area contributed by atoms with Crippen LogP contribution in [0.15, 0.2) is 66.7 Å². The Labute approximate surface area is 169 Å². The van der Waals surface area contributed by atoms with Crippen molar-refractivity contribution in [2.45, 2.75) is 6.61 Å². The van der Waals surface area contributed by atoms with E-state index < -0.39 is 5.97 Å². The Morgan fingerprint density at radius 3 is 2.45 bits per heavy atom. The number of aromatic hydroxyl groups is 1. The van der Waals surface area contributed by atoms with Gasteiger partial charge in [0.15, 0.2) is 0 Å². The average Bonchev–Trinajstić information content (AvgIpc) is 2.76. The summed E-state index contributed by atoms with van der Waals surface area (Å²) in [7, 11) is 2.88. The first-order chi connectivity index (χ1) is 14.1. The van der Waals surface area contributed by atoms with E-state index in [4.69, 9.17) is 9.47 Å². The molecule has 148 valence electrons. The summed E-state index contributed by atoms with van der Waals surface area (Å²) >= 11 is 0. The van der Waals surface area contributed by atoms with Gasteiger partial charge in [0.2, 0.25) is 0 Å². The van der Waals surface area contributed by atoms with Crippen molar-refractivity contribution in [1.82, 2.24) is 0 Å². The molecule has 0 aliphatic carbocycles. The zero-order valence-corrected chi connectivity index (χ0v) is 16.3. The Morgan fingerprint density at radius 2 is 1.76 bits per heavy atom. The van der Waals surface area contributed by atoms with E-state index in [1.165, 1.54) is 19.2 Å². The first kappa shape index (κ1) is 20.0. The molecule has 3 aromatic rings. The van der Waals surface area contributed by atoms with Gasteiger partial charge in [-0.1, -0.05) is 48.6 Å². The smallest absolute Gasteiger partial charge is 0.341 e. The molecule has 0 aliphatic rings. The molecular formula is C24H22O5. The van der Waals surface area contributed by atoms with Crippen LogP contribution in [0.3, 0.4) is 0 Å². The van der Waals surface area contributed by atoms with Gasteiger partial charge in [0.05, 0.1) is 14.2 Å². The van der Waals surface area contributed by atoms with Crippen LogP contribution in [-0.4, -0.2) is 25.3 Å². The fourth-order valence-corrected chi connectivity index (χ4v) is 2.77. The fraction of sp³-hybridized carbons (Fsp3) is 0.125. The van der Waals surface area contributed by atoms with Crippen LogP contribution in [0, 0.1) is 0 Å².